The van der Waals surface area contributed by atoms with Crippen molar-refractivity contribution in [3.05, 3.63) is 0 Å². The highest BCUT2D eigenvalue weighted by atomic mass is 16.2. The highest BCUT2D eigenvalue weighted by Crippen LogP contribution is 2.29. The first-order chi connectivity index (χ1) is 6.69. The van der Waals surface area contributed by atoms with Crippen LogP contribution in [-0.4, -0.2) is 29.9 Å². The van der Waals surface area contributed by atoms with Crippen LogP contribution in [0, 0.1) is 18.3 Å². The number of hydrogen-bond donors (Lipinski definition) is 1. The van der Waals surface area contributed by atoms with E-state index in [-0.39, 0.29) is 11.9 Å². The van der Waals surface area contributed by atoms with E-state index in [4.69, 9.17) is 12.2 Å². The van der Waals surface area contributed by atoms with Gasteiger partial charge in [0.05, 0.1) is 12.6 Å². The number of terminal acetylenes is 1. The highest BCUT2D eigenvalue weighted by Gasteiger charge is 2.27. The molecule has 1 aliphatic rings. The predicted octanol–water partition coefficient (Wildman–Crippen LogP) is 0.595. The molecule has 1 saturated carbocycles. The van der Waals surface area contributed by atoms with E-state index < -0.39 is 0 Å². The number of rotatable bonds is 5. The first-order valence-corrected chi connectivity index (χ1v) is 5.16. The topological polar surface area (TPSA) is 46.3 Å². The number of carbonyl (C=O) groups excluding carboxylic acids is 1. The van der Waals surface area contributed by atoms with Crippen LogP contribution in [0.3, 0.4) is 0 Å². The van der Waals surface area contributed by atoms with E-state index in [1.807, 2.05) is 6.92 Å². The lowest BCUT2D eigenvalue weighted by molar-refractivity contribution is -0.132. The van der Waals surface area contributed by atoms with Crippen LogP contribution >= 0.6 is 0 Å². The molecule has 1 atom stereocenters. The van der Waals surface area contributed by atoms with Crippen LogP contribution in [-0.2, 0) is 4.79 Å². The first kappa shape index (κ1) is 11.1. The van der Waals surface area contributed by atoms with E-state index in [1.165, 1.54) is 12.8 Å². The normalized spacial score (nSPS) is 17.2. The van der Waals surface area contributed by atoms with E-state index in [0.29, 0.717) is 18.9 Å². The van der Waals surface area contributed by atoms with Gasteiger partial charge < -0.3 is 10.6 Å². The second-order valence-corrected chi connectivity index (χ2v) is 3.88. The molecule has 3 nitrogen and oxygen atoms in total. The quantitative estimate of drug-likeness (QED) is 0.651. The van der Waals surface area contributed by atoms with E-state index >= 15 is 0 Å². The summed E-state index contributed by atoms with van der Waals surface area (Å²) in [5, 5.41) is 0. The molecule has 1 fully saturated rings. The van der Waals surface area contributed by atoms with Gasteiger partial charge >= 0.3 is 0 Å². The Kier molecular flexibility index (Phi) is 3.97. The van der Waals surface area contributed by atoms with Crippen LogP contribution < -0.4 is 5.73 Å². The summed E-state index contributed by atoms with van der Waals surface area (Å²) in [5.74, 6) is 3.17. The fraction of sp³-hybridized carbons (Fsp3) is 0.727. The van der Waals surface area contributed by atoms with E-state index in [1.54, 1.807) is 4.90 Å². The third kappa shape index (κ3) is 3.04. The van der Waals surface area contributed by atoms with Crippen molar-refractivity contribution in [1.82, 2.24) is 4.90 Å². The fourth-order valence-corrected chi connectivity index (χ4v) is 1.36. The molecule has 0 aromatic carbocycles. The van der Waals surface area contributed by atoms with Gasteiger partial charge in [-0.25, -0.2) is 0 Å². The Morgan fingerprint density at radius 2 is 2.36 bits per heavy atom. The van der Waals surface area contributed by atoms with Gasteiger partial charge in [0, 0.05) is 6.54 Å². The van der Waals surface area contributed by atoms with E-state index in [2.05, 4.69) is 5.92 Å². The third-order valence-corrected chi connectivity index (χ3v) is 2.53. The summed E-state index contributed by atoms with van der Waals surface area (Å²) in [7, 11) is 0. The Hall–Kier alpha value is -1.01. The van der Waals surface area contributed by atoms with Crippen molar-refractivity contribution in [1.29, 1.82) is 0 Å². The minimum atomic E-state index is -0.387. The van der Waals surface area contributed by atoms with E-state index in [0.717, 1.165) is 6.54 Å². The summed E-state index contributed by atoms with van der Waals surface area (Å²) in [6, 6.07) is -0.387. The van der Waals surface area contributed by atoms with Gasteiger partial charge in [-0.05, 0) is 25.2 Å². The summed E-state index contributed by atoms with van der Waals surface area (Å²) < 4.78 is 0. The predicted molar refractivity (Wildman–Crippen MR) is 56.4 cm³/mol. The molecule has 0 saturated heterocycles. The van der Waals surface area contributed by atoms with Gasteiger partial charge in [0.25, 0.3) is 0 Å². The number of nitrogens with zero attached hydrogens (tertiary/aromatic N) is 1. The Labute approximate surface area is 85.6 Å². The zero-order chi connectivity index (χ0) is 10.6. The lowest BCUT2D eigenvalue weighted by Crippen LogP contribution is -2.44. The largest absolute Gasteiger partial charge is 0.330 e. The van der Waals surface area contributed by atoms with Crippen molar-refractivity contribution in [3.8, 4) is 12.3 Å². The van der Waals surface area contributed by atoms with Crippen molar-refractivity contribution in [2.24, 2.45) is 11.7 Å². The maximum absolute atomic E-state index is 11.7. The Balaban J connectivity index is 2.47. The van der Waals surface area contributed by atoms with Crippen molar-refractivity contribution >= 4 is 5.91 Å². The number of hydrogen-bond acceptors (Lipinski definition) is 2. The molecule has 0 aliphatic heterocycles. The zero-order valence-electron chi connectivity index (χ0n) is 8.70. The van der Waals surface area contributed by atoms with Gasteiger partial charge in [0.2, 0.25) is 5.91 Å². The SMILES string of the molecule is C#CCN(CC1CC1)C(=O)[C@@H](N)CC. The molecular formula is C11H18N2O. The Morgan fingerprint density at radius 1 is 1.71 bits per heavy atom. The van der Waals surface area contributed by atoms with Crippen LogP contribution in [0.15, 0.2) is 0 Å². The number of nitrogens with two attached hydrogens (primary N) is 1. The van der Waals surface area contributed by atoms with Crippen molar-refractivity contribution < 1.29 is 4.79 Å². The average molecular weight is 194 g/mol. The van der Waals surface area contributed by atoms with Gasteiger partial charge in [0.1, 0.15) is 0 Å². The molecule has 0 aromatic rings. The second kappa shape index (κ2) is 5.02. The minimum Gasteiger partial charge on any atom is -0.330 e. The maximum Gasteiger partial charge on any atom is 0.240 e. The Morgan fingerprint density at radius 3 is 2.79 bits per heavy atom. The van der Waals surface area contributed by atoms with Crippen molar-refractivity contribution in [2.75, 3.05) is 13.1 Å². The molecule has 3 heteroatoms. The van der Waals surface area contributed by atoms with Gasteiger partial charge in [-0.15, -0.1) is 6.42 Å². The summed E-state index contributed by atoms with van der Waals surface area (Å²) in [6.45, 7) is 3.09. The average Bonchev–Trinajstić information content (AvgIpc) is 2.98. The van der Waals surface area contributed by atoms with Gasteiger partial charge in [-0.1, -0.05) is 12.8 Å². The molecule has 0 heterocycles. The van der Waals surface area contributed by atoms with Crippen LogP contribution in [0.25, 0.3) is 0 Å². The van der Waals surface area contributed by atoms with Crippen LogP contribution in [0.1, 0.15) is 26.2 Å². The standard InChI is InChI=1S/C11H18N2O/c1-3-7-13(8-9-5-6-9)11(14)10(12)4-2/h1,9-10H,4-8,12H2,2H3/t10-/m0/s1. The number of carbonyl (C=O) groups is 1. The lowest BCUT2D eigenvalue weighted by Gasteiger charge is -2.23. The van der Waals surface area contributed by atoms with Crippen LogP contribution in [0.2, 0.25) is 0 Å². The molecule has 2 N–H and O–H groups in total. The lowest BCUT2D eigenvalue weighted by atomic mass is 10.2. The molecule has 1 rings (SSSR count). The maximum atomic E-state index is 11.7. The van der Waals surface area contributed by atoms with Crippen molar-refractivity contribution in [2.45, 2.75) is 32.2 Å². The summed E-state index contributed by atoms with van der Waals surface area (Å²) in [4.78, 5) is 13.4. The molecule has 0 unspecified atom stereocenters. The summed E-state index contributed by atoms with van der Waals surface area (Å²) in [6.07, 6.45) is 8.33. The molecule has 0 radical (unpaired) electrons. The summed E-state index contributed by atoms with van der Waals surface area (Å²) >= 11 is 0. The third-order valence-electron chi connectivity index (χ3n) is 2.53. The van der Waals surface area contributed by atoms with Crippen LogP contribution in [0.4, 0.5) is 0 Å². The first-order valence-electron chi connectivity index (χ1n) is 5.16. The molecule has 1 aliphatic carbocycles. The van der Waals surface area contributed by atoms with Gasteiger partial charge in [0.15, 0.2) is 0 Å². The Bertz CT molecular complexity index is 240. The monoisotopic (exact) mass is 194 g/mol. The van der Waals surface area contributed by atoms with Crippen molar-refractivity contribution in [3.63, 3.8) is 0 Å². The molecule has 14 heavy (non-hydrogen) atoms. The van der Waals surface area contributed by atoms with Gasteiger partial charge in [-0.2, -0.15) is 0 Å². The minimum absolute atomic E-state index is 0.00245. The van der Waals surface area contributed by atoms with Crippen LogP contribution in [0.5, 0.6) is 0 Å². The second-order valence-electron chi connectivity index (χ2n) is 3.88. The van der Waals surface area contributed by atoms with E-state index in [9.17, 15) is 4.79 Å². The molecular weight excluding hydrogens is 176 g/mol. The van der Waals surface area contributed by atoms with Gasteiger partial charge in [-0.3, -0.25) is 4.79 Å². The summed E-state index contributed by atoms with van der Waals surface area (Å²) in [5.41, 5.74) is 5.68. The zero-order valence-corrected chi connectivity index (χ0v) is 8.70. The smallest absolute Gasteiger partial charge is 0.240 e. The molecule has 78 valence electrons. The molecule has 1 amide bonds. The fourth-order valence-electron chi connectivity index (χ4n) is 1.36. The number of amides is 1. The molecule has 0 bridgehead atoms. The highest BCUT2D eigenvalue weighted by molar-refractivity contribution is 5.81. The molecule has 0 aromatic heterocycles. The molecule has 0 spiro atoms.